The summed E-state index contributed by atoms with van der Waals surface area (Å²) in [4.78, 5) is 9.97. The topological polar surface area (TPSA) is 57.5 Å². The van der Waals surface area contributed by atoms with Gasteiger partial charge in [0, 0.05) is 18.6 Å². The van der Waals surface area contributed by atoms with Crippen LogP contribution in [0.2, 0.25) is 0 Å². The lowest BCUT2D eigenvalue weighted by molar-refractivity contribution is -0.131. The molecule has 1 unspecified atom stereocenters. The molecule has 0 saturated carbocycles. The Kier molecular flexibility index (Phi) is 4.58. The third kappa shape index (κ3) is 4.09. The minimum absolute atomic E-state index is 0.0142. The largest absolute Gasteiger partial charge is 0.478 e. The predicted octanol–water partition coefficient (Wildman–Crippen LogP) is 0.646. The summed E-state index contributed by atoms with van der Waals surface area (Å²) in [5, 5.41) is 16.8. The Morgan fingerprint density at radius 3 is 2.60 bits per heavy atom. The Balaban J connectivity index is 3.72. The lowest BCUT2D eigenvalue weighted by Crippen LogP contribution is -2.01. The molecule has 0 spiro atoms. The summed E-state index contributed by atoms with van der Waals surface area (Å²) in [6.07, 6.45) is 3.33. The number of aliphatic carboxylic acids is 1. The van der Waals surface area contributed by atoms with Crippen LogP contribution >= 0.6 is 0 Å². The average molecular weight is 144 g/mol. The molecule has 0 aromatic carbocycles. The molecule has 0 aliphatic rings. The van der Waals surface area contributed by atoms with Crippen molar-refractivity contribution in [3.05, 3.63) is 12.2 Å². The van der Waals surface area contributed by atoms with Crippen molar-refractivity contribution in [1.29, 1.82) is 0 Å². The Morgan fingerprint density at radius 2 is 2.30 bits per heavy atom. The molecule has 0 aromatic rings. The summed E-state index contributed by atoms with van der Waals surface area (Å²) < 4.78 is 0. The molecule has 0 radical (unpaired) electrons. The van der Waals surface area contributed by atoms with E-state index in [1.54, 1.807) is 0 Å². The van der Waals surface area contributed by atoms with Gasteiger partial charge in [-0.2, -0.15) is 0 Å². The number of rotatable bonds is 4. The number of hydrogen-bond acceptors (Lipinski definition) is 2. The highest BCUT2D eigenvalue weighted by Gasteiger charge is 1.98. The second-order valence-electron chi connectivity index (χ2n) is 2.05. The number of carboxylic acids is 1. The molecule has 10 heavy (non-hydrogen) atoms. The zero-order chi connectivity index (χ0) is 7.98. The lowest BCUT2D eigenvalue weighted by Gasteiger charge is -2.01. The van der Waals surface area contributed by atoms with Crippen LogP contribution in [0.3, 0.4) is 0 Å². The van der Waals surface area contributed by atoms with Gasteiger partial charge in [-0.3, -0.25) is 0 Å². The van der Waals surface area contributed by atoms with Crippen LogP contribution in [-0.2, 0) is 4.79 Å². The number of hydrogen-bond donors (Lipinski definition) is 2. The fourth-order valence-corrected chi connectivity index (χ4v) is 0.544. The monoisotopic (exact) mass is 144 g/mol. The molecule has 0 saturated heterocycles. The second-order valence-corrected chi connectivity index (χ2v) is 2.05. The van der Waals surface area contributed by atoms with E-state index in [1.165, 1.54) is 6.08 Å². The van der Waals surface area contributed by atoms with E-state index in [9.17, 15) is 4.79 Å². The van der Waals surface area contributed by atoms with Gasteiger partial charge in [0.2, 0.25) is 0 Å². The third-order valence-electron chi connectivity index (χ3n) is 1.27. The van der Waals surface area contributed by atoms with Crippen LogP contribution in [0, 0.1) is 5.92 Å². The van der Waals surface area contributed by atoms with Crippen molar-refractivity contribution in [1.82, 2.24) is 0 Å². The molecule has 0 heterocycles. The first-order valence-corrected chi connectivity index (χ1v) is 3.22. The maximum atomic E-state index is 9.97. The highest BCUT2D eigenvalue weighted by atomic mass is 16.4. The number of aliphatic hydroxyl groups excluding tert-OH is 1. The first kappa shape index (κ1) is 9.17. The highest BCUT2D eigenvalue weighted by molar-refractivity contribution is 5.79. The molecular formula is C7H12O3. The summed E-state index contributed by atoms with van der Waals surface area (Å²) in [6, 6.07) is 0. The van der Waals surface area contributed by atoms with Crippen LogP contribution in [0.25, 0.3) is 0 Å². The minimum atomic E-state index is -0.966. The summed E-state index contributed by atoms with van der Waals surface area (Å²) in [6.45, 7) is 1.91. The van der Waals surface area contributed by atoms with E-state index in [2.05, 4.69) is 0 Å². The predicted molar refractivity (Wildman–Crippen MR) is 37.6 cm³/mol. The van der Waals surface area contributed by atoms with Gasteiger partial charge in [0.1, 0.15) is 0 Å². The van der Waals surface area contributed by atoms with Crippen molar-refractivity contribution >= 4 is 5.97 Å². The van der Waals surface area contributed by atoms with Gasteiger partial charge in [0.05, 0.1) is 0 Å². The average Bonchev–Trinajstić information content (AvgIpc) is 1.90. The van der Waals surface area contributed by atoms with Crippen molar-refractivity contribution in [2.24, 2.45) is 5.92 Å². The number of carbonyl (C=O) groups is 1. The van der Waals surface area contributed by atoms with Crippen molar-refractivity contribution in [3.8, 4) is 0 Å². The van der Waals surface area contributed by atoms with E-state index in [0.29, 0.717) is 0 Å². The Hall–Kier alpha value is -0.830. The van der Waals surface area contributed by atoms with Gasteiger partial charge >= 0.3 is 5.97 Å². The molecule has 1 atom stereocenters. The molecule has 0 fully saturated rings. The van der Waals surface area contributed by atoms with Gasteiger partial charge in [-0.05, 0) is 6.42 Å². The molecule has 0 amide bonds. The van der Waals surface area contributed by atoms with Gasteiger partial charge in [0.25, 0.3) is 0 Å². The molecule has 0 aliphatic carbocycles. The van der Waals surface area contributed by atoms with Gasteiger partial charge in [0.15, 0.2) is 0 Å². The van der Waals surface area contributed by atoms with E-state index in [-0.39, 0.29) is 12.5 Å². The van der Waals surface area contributed by atoms with Crippen LogP contribution in [0.15, 0.2) is 12.2 Å². The van der Waals surface area contributed by atoms with Crippen LogP contribution in [0.1, 0.15) is 13.3 Å². The summed E-state index contributed by atoms with van der Waals surface area (Å²) >= 11 is 0. The van der Waals surface area contributed by atoms with Crippen LogP contribution in [0.5, 0.6) is 0 Å². The molecular weight excluding hydrogens is 132 g/mol. The van der Waals surface area contributed by atoms with E-state index in [1.807, 2.05) is 6.92 Å². The van der Waals surface area contributed by atoms with Gasteiger partial charge in [-0.25, -0.2) is 4.79 Å². The van der Waals surface area contributed by atoms with Crippen LogP contribution in [-0.4, -0.2) is 22.8 Å². The fourth-order valence-electron chi connectivity index (χ4n) is 0.544. The van der Waals surface area contributed by atoms with Crippen LogP contribution < -0.4 is 0 Å². The van der Waals surface area contributed by atoms with Crippen LogP contribution in [0.4, 0.5) is 0 Å². The smallest absolute Gasteiger partial charge is 0.327 e. The lowest BCUT2D eigenvalue weighted by atomic mass is 10.1. The third-order valence-corrected chi connectivity index (χ3v) is 1.27. The van der Waals surface area contributed by atoms with E-state index in [0.717, 1.165) is 12.5 Å². The first-order chi connectivity index (χ1) is 4.70. The standard InChI is InChI=1S/C7H12O3/c1-2-6(5-8)3-4-7(9)10/h3-4,6,8H,2,5H2,1H3,(H,9,10). The normalized spacial score (nSPS) is 13.8. The fraction of sp³-hybridized carbons (Fsp3) is 0.571. The Bertz CT molecular complexity index is 125. The molecule has 58 valence electrons. The minimum Gasteiger partial charge on any atom is -0.478 e. The maximum Gasteiger partial charge on any atom is 0.327 e. The molecule has 3 heteroatoms. The van der Waals surface area contributed by atoms with Crippen molar-refractivity contribution < 1.29 is 15.0 Å². The summed E-state index contributed by atoms with van der Waals surface area (Å²) in [7, 11) is 0. The SMILES string of the molecule is CCC(C=CC(=O)O)CO. The number of carboxylic acid groups (broad SMARTS) is 1. The first-order valence-electron chi connectivity index (χ1n) is 3.22. The van der Waals surface area contributed by atoms with Crippen molar-refractivity contribution in [2.45, 2.75) is 13.3 Å². The van der Waals surface area contributed by atoms with E-state index in [4.69, 9.17) is 10.2 Å². The second kappa shape index (κ2) is 4.99. The molecule has 0 aliphatic heterocycles. The van der Waals surface area contributed by atoms with Crippen molar-refractivity contribution in [3.63, 3.8) is 0 Å². The Morgan fingerprint density at radius 1 is 1.70 bits per heavy atom. The summed E-state index contributed by atoms with van der Waals surface area (Å²) in [5.41, 5.74) is 0. The van der Waals surface area contributed by atoms with E-state index >= 15 is 0 Å². The van der Waals surface area contributed by atoms with Crippen molar-refractivity contribution in [2.75, 3.05) is 6.61 Å². The quantitative estimate of drug-likeness (QED) is 0.569. The molecule has 0 rings (SSSR count). The molecule has 2 N–H and O–H groups in total. The highest BCUT2D eigenvalue weighted by Crippen LogP contribution is 2.01. The Labute approximate surface area is 60.0 Å². The summed E-state index contributed by atoms with van der Waals surface area (Å²) in [5.74, 6) is -0.983. The maximum absolute atomic E-state index is 9.97. The molecule has 0 aromatic heterocycles. The zero-order valence-corrected chi connectivity index (χ0v) is 5.95. The molecule has 3 nitrogen and oxygen atoms in total. The van der Waals surface area contributed by atoms with E-state index < -0.39 is 5.97 Å². The molecule has 0 bridgehead atoms. The number of aliphatic hydroxyl groups is 1. The van der Waals surface area contributed by atoms with Gasteiger partial charge < -0.3 is 10.2 Å². The van der Waals surface area contributed by atoms with Gasteiger partial charge in [-0.15, -0.1) is 0 Å². The zero-order valence-electron chi connectivity index (χ0n) is 5.95. The van der Waals surface area contributed by atoms with Gasteiger partial charge in [-0.1, -0.05) is 13.0 Å².